The molecule has 0 aliphatic rings. The van der Waals surface area contributed by atoms with E-state index in [4.69, 9.17) is 10.00 Å². The summed E-state index contributed by atoms with van der Waals surface area (Å²) in [6.45, 7) is 0. The van der Waals surface area contributed by atoms with Crippen molar-refractivity contribution in [3.8, 4) is 11.8 Å². The zero-order valence-corrected chi connectivity index (χ0v) is 13.2. The van der Waals surface area contributed by atoms with Crippen molar-refractivity contribution in [3.63, 3.8) is 0 Å². The fraction of sp³-hybridized carbons (Fsp3) is 0.0588. The average molecular weight is 338 g/mol. The SMILES string of the molecule is COc1cc([N+](=O)[O-])ccc1NC(=O)/C(C#N)=C\Nc1ccccc1. The van der Waals surface area contributed by atoms with Crippen LogP contribution in [0.4, 0.5) is 17.1 Å². The van der Waals surface area contributed by atoms with Gasteiger partial charge in [-0.1, -0.05) is 18.2 Å². The van der Waals surface area contributed by atoms with Crippen LogP contribution in [0.25, 0.3) is 0 Å². The fourth-order valence-corrected chi connectivity index (χ4v) is 1.92. The first-order chi connectivity index (χ1) is 12.0. The summed E-state index contributed by atoms with van der Waals surface area (Å²) in [5.41, 5.74) is 0.607. The standard InChI is InChI=1S/C17H14N4O4/c1-25-16-9-14(21(23)24)7-8-15(16)20-17(22)12(10-18)11-19-13-5-3-2-4-6-13/h2-9,11,19H,1H3,(H,20,22)/b12-11-. The normalized spacial score (nSPS) is 10.5. The molecule has 0 fully saturated rings. The zero-order chi connectivity index (χ0) is 18.2. The highest BCUT2D eigenvalue weighted by Gasteiger charge is 2.15. The number of ether oxygens (including phenoxy) is 1. The number of hydrogen-bond donors (Lipinski definition) is 2. The van der Waals surface area contributed by atoms with Crippen molar-refractivity contribution in [1.82, 2.24) is 0 Å². The number of anilines is 2. The Kier molecular flexibility index (Phi) is 5.68. The highest BCUT2D eigenvalue weighted by atomic mass is 16.6. The molecular formula is C17H14N4O4. The van der Waals surface area contributed by atoms with E-state index >= 15 is 0 Å². The lowest BCUT2D eigenvalue weighted by Crippen LogP contribution is -2.15. The number of benzene rings is 2. The zero-order valence-electron chi connectivity index (χ0n) is 13.2. The van der Waals surface area contributed by atoms with Gasteiger partial charge in [0.15, 0.2) is 0 Å². The van der Waals surface area contributed by atoms with Crippen LogP contribution in [0.1, 0.15) is 0 Å². The molecule has 1 amide bonds. The van der Waals surface area contributed by atoms with E-state index in [-0.39, 0.29) is 22.7 Å². The van der Waals surface area contributed by atoms with Gasteiger partial charge in [-0.3, -0.25) is 14.9 Å². The van der Waals surface area contributed by atoms with Gasteiger partial charge in [0.1, 0.15) is 17.4 Å². The number of nitriles is 1. The fourth-order valence-electron chi connectivity index (χ4n) is 1.92. The minimum atomic E-state index is -0.668. The number of nitro benzene ring substituents is 1. The number of carbonyl (C=O) groups excluding carboxylic acids is 1. The number of nitrogens with zero attached hydrogens (tertiary/aromatic N) is 2. The first-order valence-electron chi connectivity index (χ1n) is 7.10. The molecule has 2 aromatic carbocycles. The van der Waals surface area contributed by atoms with Crippen LogP contribution >= 0.6 is 0 Å². The van der Waals surface area contributed by atoms with Crippen molar-refractivity contribution in [2.75, 3.05) is 17.7 Å². The predicted octanol–water partition coefficient (Wildman–Crippen LogP) is 3.06. The van der Waals surface area contributed by atoms with Crippen LogP contribution in [0.15, 0.2) is 60.3 Å². The molecule has 126 valence electrons. The summed E-state index contributed by atoms with van der Waals surface area (Å²) in [7, 11) is 1.33. The quantitative estimate of drug-likeness (QED) is 0.362. The van der Waals surface area contributed by atoms with E-state index in [1.807, 2.05) is 18.2 Å². The van der Waals surface area contributed by atoms with E-state index in [2.05, 4.69) is 10.6 Å². The topological polar surface area (TPSA) is 117 Å². The van der Waals surface area contributed by atoms with E-state index in [0.29, 0.717) is 0 Å². The molecule has 8 heteroatoms. The molecule has 0 bridgehead atoms. The van der Waals surface area contributed by atoms with Crippen molar-refractivity contribution in [2.24, 2.45) is 0 Å². The molecule has 0 spiro atoms. The highest BCUT2D eigenvalue weighted by molar-refractivity contribution is 6.07. The van der Waals surface area contributed by atoms with Crippen LogP contribution in [0.3, 0.4) is 0 Å². The monoisotopic (exact) mass is 338 g/mol. The first-order valence-corrected chi connectivity index (χ1v) is 7.10. The largest absolute Gasteiger partial charge is 0.494 e. The highest BCUT2D eigenvalue weighted by Crippen LogP contribution is 2.29. The number of nitro groups is 1. The maximum atomic E-state index is 12.2. The van der Waals surface area contributed by atoms with Gasteiger partial charge >= 0.3 is 0 Å². The number of nitrogens with one attached hydrogen (secondary N) is 2. The number of rotatable bonds is 6. The second-order valence-corrected chi connectivity index (χ2v) is 4.78. The third-order valence-electron chi connectivity index (χ3n) is 3.17. The molecule has 8 nitrogen and oxygen atoms in total. The Balaban J connectivity index is 2.17. The Morgan fingerprint density at radius 1 is 1.28 bits per heavy atom. The maximum Gasteiger partial charge on any atom is 0.273 e. The lowest BCUT2D eigenvalue weighted by molar-refractivity contribution is -0.384. The number of amides is 1. The molecule has 2 aromatic rings. The third kappa shape index (κ3) is 4.56. The van der Waals surface area contributed by atoms with Crippen LogP contribution in [0, 0.1) is 21.4 Å². The molecular weight excluding hydrogens is 324 g/mol. The molecule has 2 rings (SSSR count). The van der Waals surface area contributed by atoms with Gasteiger partial charge in [0.25, 0.3) is 11.6 Å². The molecule has 0 atom stereocenters. The first kappa shape index (κ1) is 17.5. The Morgan fingerprint density at radius 2 is 2.00 bits per heavy atom. The van der Waals surface area contributed by atoms with Gasteiger partial charge in [-0.2, -0.15) is 5.26 Å². The van der Waals surface area contributed by atoms with Gasteiger partial charge in [-0.05, 0) is 18.2 Å². The summed E-state index contributed by atoms with van der Waals surface area (Å²) < 4.78 is 5.04. The molecule has 2 N–H and O–H groups in total. The van der Waals surface area contributed by atoms with Crippen molar-refractivity contribution in [2.45, 2.75) is 0 Å². The van der Waals surface area contributed by atoms with Crippen molar-refractivity contribution in [1.29, 1.82) is 5.26 Å². The van der Waals surface area contributed by atoms with Gasteiger partial charge < -0.3 is 15.4 Å². The molecule has 25 heavy (non-hydrogen) atoms. The summed E-state index contributed by atoms with van der Waals surface area (Å²) >= 11 is 0. The Hall–Kier alpha value is -3.86. The van der Waals surface area contributed by atoms with Crippen molar-refractivity contribution < 1.29 is 14.5 Å². The Bertz CT molecular complexity index is 857. The van der Waals surface area contributed by atoms with Gasteiger partial charge in [0, 0.05) is 18.0 Å². The van der Waals surface area contributed by atoms with Crippen LogP contribution < -0.4 is 15.4 Å². The van der Waals surface area contributed by atoms with Crippen LogP contribution in [-0.4, -0.2) is 17.9 Å². The molecule has 0 saturated carbocycles. The average Bonchev–Trinajstić information content (AvgIpc) is 2.63. The molecule has 0 heterocycles. The molecule has 0 unspecified atom stereocenters. The molecule has 0 radical (unpaired) electrons. The number of hydrogen-bond acceptors (Lipinski definition) is 6. The summed E-state index contributed by atoms with van der Waals surface area (Å²) in [5.74, 6) is -0.547. The molecule has 0 aliphatic carbocycles. The third-order valence-corrected chi connectivity index (χ3v) is 3.17. The minimum absolute atomic E-state index is 0.121. The van der Waals surface area contributed by atoms with Gasteiger partial charge in [-0.25, -0.2) is 0 Å². The van der Waals surface area contributed by atoms with Crippen LogP contribution in [0.5, 0.6) is 5.75 Å². The van der Waals surface area contributed by atoms with Gasteiger partial charge in [-0.15, -0.1) is 0 Å². The summed E-state index contributed by atoms with van der Waals surface area (Å²) in [4.78, 5) is 22.4. The van der Waals surface area contributed by atoms with Crippen molar-refractivity contribution in [3.05, 3.63) is 70.4 Å². The number of methoxy groups -OCH3 is 1. The lowest BCUT2D eigenvalue weighted by atomic mass is 10.2. The molecule has 0 aromatic heterocycles. The van der Waals surface area contributed by atoms with Gasteiger partial charge in [0.2, 0.25) is 0 Å². The second kappa shape index (κ2) is 8.12. The van der Waals surface area contributed by atoms with E-state index in [1.54, 1.807) is 18.2 Å². The van der Waals surface area contributed by atoms with E-state index in [1.165, 1.54) is 31.5 Å². The maximum absolute atomic E-state index is 12.2. The number of non-ortho nitro benzene ring substituents is 1. The van der Waals surface area contributed by atoms with E-state index in [9.17, 15) is 14.9 Å². The lowest BCUT2D eigenvalue weighted by Gasteiger charge is -2.09. The summed E-state index contributed by atoms with van der Waals surface area (Å²) in [5, 5.41) is 25.3. The molecule has 0 aliphatic heterocycles. The summed E-state index contributed by atoms with van der Waals surface area (Å²) in [6.07, 6.45) is 1.28. The smallest absolute Gasteiger partial charge is 0.273 e. The van der Waals surface area contributed by atoms with Crippen LogP contribution in [0.2, 0.25) is 0 Å². The van der Waals surface area contributed by atoms with Crippen LogP contribution in [-0.2, 0) is 4.79 Å². The minimum Gasteiger partial charge on any atom is -0.494 e. The summed E-state index contributed by atoms with van der Waals surface area (Å²) in [6, 6.07) is 14.6. The predicted molar refractivity (Wildman–Crippen MR) is 92.0 cm³/mol. The van der Waals surface area contributed by atoms with E-state index in [0.717, 1.165) is 5.69 Å². The van der Waals surface area contributed by atoms with E-state index < -0.39 is 10.8 Å². The van der Waals surface area contributed by atoms with Gasteiger partial charge in [0.05, 0.1) is 23.8 Å². The number of carbonyl (C=O) groups is 1. The number of para-hydroxylation sites is 1. The Morgan fingerprint density at radius 3 is 2.60 bits per heavy atom. The molecule has 0 saturated heterocycles. The van der Waals surface area contributed by atoms with Crippen molar-refractivity contribution >= 4 is 23.0 Å². The second-order valence-electron chi connectivity index (χ2n) is 4.78. The Labute approximate surface area is 143 Å².